The summed E-state index contributed by atoms with van der Waals surface area (Å²) in [6.07, 6.45) is 5.81. The molecule has 0 saturated heterocycles. The van der Waals surface area contributed by atoms with Crippen LogP contribution in [0, 0.1) is 0 Å². The highest BCUT2D eigenvalue weighted by molar-refractivity contribution is 9.11. The van der Waals surface area contributed by atoms with E-state index in [2.05, 4.69) is 22.5 Å². The van der Waals surface area contributed by atoms with E-state index in [0.717, 1.165) is 15.9 Å². The summed E-state index contributed by atoms with van der Waals surface area (Å²) in [5, 5.41) is 9.19. The molecule has 0 aliphatic carbocycles. The van der Waals surface area contributed by atoms with Gasteiger partial charge >= 0.3 is 0 Å². The van der Waals surface area contributed by atoms with Crippen LogP contribution in [0.5, 0.6) is 5.75 Å². The number of allylic oxidation sites excluding steroid dienone is 3. The van der Waals surface area contributed by atoms with Crippen molar-refractivity contribution in [2.75, 3.05) is 4.90 Å². The van der Waals surface area contributed by atoms with Crippen molar-refractivity contribution < 1.29 is 5.11 Å². The number of rotatable bonds is 1. The van der Waals surface area contributed by atoms with Crippen LogP contribution in [-0.4, -0.2) is 5.11 Å². The maximum Gasteiger partial charge on any atom is 0.115 e. The van der Waals surface area contributed by atoms with Crippen LogP contribution >= 0.6 is 15.9 Å². The van der Waals surface area contributed by atoms with Crippen molar-refractivity contribution in [3.63, 3.8) is 0 Å². The Morgan fingerprint density at radius 2 is 1.80 bits per heavy atom. The first-order valence-electron chi connectivity index (χ1n) is 4.49. The second-order valence-corrected chi connectivity index (χ2v) is 4.14. The molecule has 0 saturated carbocycles. The minimum Gasteiger partial charge on any atom is -0.508 e. The van der Waals surface area contributed by atoms with Crippen LogP contribution in [0.2, 0.25) is 0 Å². The number of hydrogen-bond donors (Lipinski definition) is 1. The van der Waals surface area contributed by atoms with Gasteiger partial charge in [0.05, 0.1) is 0 Å². The van der Waals surface area contributed by atoms with Gasteiger partial charge in [0.1, 0.15) is 5.75 Å². The number of nitrogens with zero attached hydrogens (tertiary/aromatic N) is 1. The predicted octanol–water partition coefficient (Wildman–Crippen LogP) is 3.52. The topological polar surface area (TPSA) is 23.5 Å². The monoisotopic (exact) mass is 263 g/mol. The lowest BCUT2D eigenvalue weighted by Gasteiger charge is -2.23. The minimum absolute atomic E-state index is 0.264. The van der Waals surface area contributed by atoms with Gasteiger partial charge in [-0.05, 0) is 52.3 Å². The lowest BCUT2D eigenvalue weighted by molar-refractivity contribution is 0.475. The first kappa shape index (κ1) is 10.1. The summed E-state index contributed by atoms with van der Waals surface area (Å²) >= 11 is 3.41. The molecule has 1 heterocycles. The van der Waals surface area contributed by atoms with Gasteiger partial charge in [-0.3, -0.25) is 0 Å². The van der Waals surface area contributed by atoms with Gasteiger partial charge in [0.25, 0.3) is 0 Å². The van der Waals surface area contributed by atoms with E-state index < -0.39 is 0 Å². The molecule has 0 fully saturated rings. The number of halogens is 1. The van der Waals surface area contributed by atoms with Gasteiger partial charge in [-0.15, -0.1) is 0 Å². The molecule has 2 nitrogen and oxygen atoms in total. The second-order valence-electron chi connectivity index (χ2n) is 3.23. The van der Waals surface area contributed by atoms with Gasteiger partial charge in [0.2, 0.25) is 0 Å². The smallest absolute Gasteiger partial charge is 0.115 e. The van der Waals surface area contributed by atoms with E-state index in [-0.39, 0.29) is 5.75 Å². The Morgan fingerprint density at radius 1 is 1.13 bits per heavy atom. The molecule has 1 aliphatic rings. The molecule has 0 radical (unpaired) electrons. The highest BCUT2D eigenvalue weighted by Gasteiger charge is 2.09. The summed E-state index contributed by atoms with van der Waals surface area (Å²) in [5.41, 5.74) is 1.86. The van der Waals surface area contributed by atoms with Crippen LogP contribution in [0.4, 0.5) is 5.69 Å². The van der Waals surface area contributed by atoms with E-state index in [0.29, 0.717) is 0 Å². The van der Waals surface area contributed by atoms with Gasteiger partial charge in [-0.2, -0.15) is 0 Å². The SMILES string of the molecule is C=C1C=CC(Br)=CN1c1ccc(O)cc1. The number of anilines is 1. The molecular weight excluding hydrogens is 254 g/mol. The molecule has 0 atom stereocenters. The van der Waals surface area contributed by atoms with Crippen molar-refractivity contribution >= 4 is 21.6 Å². The Labute approximate surface area is 97.0 Å². The molecular formula is C12H10BrNO. The van der Waals surface area contributed by atoms with Crippen LogP contribution in [0.3, 0.4) is 0 Å². The molecule has 1 N–H and O–H groups in total. The fourth-order valence-corrected chi connectivity index (χ4v) is 1.70. The number of hydrogen-bond acceptors (Lipinski definition) is 2. The molecule has 3 heteroatoms. The summed E-state index contributed by atoms with van der Waals surface area (Å²) in [6.45, 7) is 3.94. The zero-order chi connectivity index (χ0) is 10.8. The standard InChI is InChI=1S/C12H10BrNO/c1-9-2-3-10(13)8-14(9)11-4-6-12(15)7-5-11/h2-8,15H,1H2. The number of benzene rings is 1. The molecule has 0 spiro atoms. The van der Waals surface area contributed by atoms with E-state index in [1.54, 1.807) is 12.1 Å². The molecule has 0 aromatic heterocycles. The normalized spacial score (nSPS) is 15.4. The maximum atomic E-state index is 9.19. The highest BCUT2D eigenvalue weighted by atomic mass is 79.9. The van der Waals surface area contributed by atoms with E-state index in [1.165, 1.54) is 0 Å². The fraction of sp³-hybridized carbons (Fsp3) is 0. The molecule has 0 unspecified atom stereocenters. The van der Waals surface area contributed by atoms with Gasteiger partial charge < -0.3 is 10.0 Å². The third kappa shape index (κ3) is 2.13. The fourth-order valence-electron chi connectivity index (χ4n) is 1.36. The second kappa shape index (κ2) is 3.95. The van der Waals surface area contributed by atoms with Crippen molar-refractivity contribution in [1.29, 1.82) is 0 Å². The predicted molar refractivity (Wildman–Crippen MR) is 65.9 cm³/mol. The summed E-state index contributed by atoms with van der Waals surface area (Å²) in [5.74, 6) is 0.264. The van der Waals surface area contributed by atoms with E-state index in [9.17, 15) is 5.11 Å². The van der Waals surface area contributed by atoms with Gasteiger partial charge in [0, 0.05) is 22.1 Å². The van der Waals surface area contributed by atoms with Crippen LogP contribution in [0.1, 0.15) is 0 Å². The first-order valence-corrected chi connectivity index (χ1v) is 5.29. The Bertz CT molecular complexity index is 445. The average Bonchev–Trinajstić information content (AvgIpc) is 2.23. The lowest BCUT2D eigenvalue weighted by atomic mass is 10.2. The number of phenols is 1. The average molecular weight is 264 g/mol. The van der Waals surface area contributed by atoms with Crippen LogP contribution in [-0.2, 0) is 0 Å². The van der Waals surface area contributed by atoms with Crippen molar-refractivity contribution in [2.24, 2.45) is 0 Å². The third-order valence-corrected chi connectivity index (χ3v) is 2.59. The highest BCUT2D eigenvalue weighted by Crippen LogP contribution is 2.27. The van der Waals surface area contributed by atoms with Gasteiger partial charge in [0.15, 0.2) is 0 Å². The maximum absolute atomic E-state index is 9.19. The summed E-state index contributed by atoms with van der Waals surface area (Å²) in [4.78, 5) is 1.95. The molecule has 1 aromatic rings. The molecule has 15 heavy (non-hydrogen) atoms. The number of phenolic OH excluding ortho intramolecular Hbond substituents is 1. The largest absolute Gasteiger partial charge is 0.508 e. The van der Waals surface area contributed by atoms with E-state index in [4.69, 9.17) is 0 Å². The Hall–Kier alpha value is -1.48. The quantitative estimate of drug-likeness (QED) is 0.838. The van der Waals surface area contributed by atoms with Crippen molar-refractivity contribution in [2.45, 2.75) is 0 Å². The van der Waals surface area contributed by atoms with Crippen LogP contribution in [0.25, 0.3) is 0 Å². The Kier molecular flexibility index (Phi) is 2.64. The van der Waals surface area contributed by atoms with Crippen molar-refractivity contribution in [1.82, 2.24) is 0 Å². The van der Waals surface area contributed by atoms with Gasteiger partial charge in [-0.1, -0.05) is 6.58 Å². The summed E-state index contributed by atoms with van der Waals surface area (Å²) in [7, 11) is 0. The van der Waals surface area contributed by atoms with Crippen molar-refractivity contribution in [3.8, 4) is 5.75 Å². The molecule has 76 valence electrons. The lowest BCUT2D eigenvalue weighted by Crippen LogP contribution is -2.15. The Morgan fingerprint density at radius 3 is 2.47 bits per heavy atom. The summed E-state index contributed by atoms with van der Waals surface area (Å²) in [6, 6.07) is 7.00. The number of aromatic hydroxyl groups is 1. The molecule has 0 bridgehead atoms. The summed E-state index contributed by atoms with van der Waals surface area (Å²) < 4.78 is 0.989. The zero-order valence-corrected chi connectivity index (χ0v) is 9.61. The molecule has 2 rings (SSSR count). The molecule has 1 aliphatic heterocycles. The third-order valence-electron chi connectivity index (χ3n) is 2.12. The van der Waals surface area contributed by atoms with Gasteiger partial charge in [-0.25, -0.2) is 0 Å². The molecule has 1 aromatic carbocycles. The van der Waals surface area contributed by atoms with E-state index in [1.807, 2.05) is 35.4 Å². The van der Waals surface area contributed by atoms with Crippen LogP contribution in [0.15, 0.2) is 59.4 Å². The first-order chi connectivity index (χ1) is 7.16. The van der Waals surface area contributed by atoms with Crippen molar-refractivity contribution in [3.05, 3.63) is 59.4 Å². The molecule has 0 amide bonds. The van der Waals surface area contributed by atoms with Crippen LogP contribution < -0.4 is 4.90 Å². The minimum atomic E-state index is 0.264. The van der Waals surface area contributed by atoms with E-state index >= 15 is 0 Å². The Balaban J connectivity index is 2.35. The zero-order valence-electron chi connectivity index (χ0n) is 8.02.